The van der Waals surface area contributed by atoms with E-state index in [4.69, 9.17) is 20.3 Å². The number of benzene rings is 2. The molecule has 2 nitrogen and oxygen atoms in total. The Morgan fingerprint density at radius 2 is 0.500 bits per heavy atom. The number of hydrogen-bond acceptors (Lipinski definition) is 2. The molecule has 0 aliphatic carbocycles. The Kier molecular flexibility index (Phi) is 46.0. The van der Waals surface area contributed by atoms with Crippen molar-refractivity contribution in [1.82, 2.24) is 0 Å². The van der Waals surface area contributed by atoms with Gasteiger partial charge in [0.05, 0.1) is 57.1 Å². The molecule has 0 heterocycles. The first kappa shape index (κ1) is 66.2. The van der Waals surface area contributed by atoms with Crippen molar-refractivity contribution < 1.29 is 9.05 Å². The summed E-state index contributed by atoms with van der Waals surface area (Å²) in [7, 11) is -3.84. The van der Waals surface area contributed by atoms with E-state index < -0.39 is 26.8 Å². The highest BCUT2D eigenvalue weighted by molar-refractivity contribution is 7.76. The minimum Gasteiger partial charge on any atom is -0.427 e. The zero-order chi connectivity index (χ0) is 50.4. The monoisotopic (exact) mass is 1100 g/mol. The Balaban J connectivity index is 2.49. The van der Waals surface area contributed by atoms with E-state index in [0.717, 1.165) is 11.5 Å². The molecular weight excluding hydrogens is 988 g/mol. The van der Waals surface area contributed by atoms with Crippen LogP contribution >= 0.6 is 19.0 Å². The summed E-state index contributed by atoms with van der Waals surface area (Å²) in [4.78, 5) is 0. The molecule has 0 fully saturated rings. The van der Waals surface area contributed by atoms with Crippen molar-refractivity contribution in [3.05, 3.63) is 24.3 Å². The standard InChI is InChI=1S/C60H118ClO2PSi6/c1-7-13-19-25-31-37-47-65-55-45-43-53(57(67-49-39-33-27-21-15-9-3)59(55)69-51-41-35-29-23-17-11-5)62-64(61)63-54-44-46-56(66-48-38-32-26-20-14-8-2)60(70-52-42-36-30-24-18-12-6)58(54)68-50-40-34-28-22-16-10-4/h43-46H,7-42,47-52,65-70H2,1-6H3. The van der Waals surface area contributed by atoms with Gasteiger partial charge < -0.3 is 9.05 Å². The summed E-state index contributed by atoms with van der Waals surface area (Å²) < 4.78 is 14.2. The van der Waals surface area contributed by atoms with Gasteiger partial charge in [-0.05, 0) is 33.7 Å². The van der Waals surface area contributed by atoms with E-state index in [9.17, 15) is 0 Å². The molecule has 0 saturated carbocycles. The Morgan fingerprint density at radius 3 is 0.757 bits per heavy atom. The smallest absolute Gasteiger partial charge is 0.401 e. The fourth-order valence-electron chi connectivity index (χ4n) is 11.0. The molecule has 2 aromatic carbocycles. The summed E-state index contributed by atoms with van der Waals surface area (Å²) in [5, 5.41) is 10.8. The zero-order valence-corrected chi connectivity index (χ0v) is 58.0. The highest BCUT2D eigenvalue weighted by Crippen LogP contribution is 2.43. The molecule has 406 valence electrons. The van der Waals surface area contributed by atoms with E-state index >= 15 is 0 Å². The molecule has 0 N–H and O–H groups in total. The molecule has 2 aromatic rings. The molecule has 0 atom stereocenters. The van der Waals surface area contributed by atoms with Crippen molar-refractivity contribution >= 4 is 107 Å². The van der Waals surface area contributed by atoms with Gasteiger partial charge in [0.2, 0.25) is 0 Å². The second-order valence-corrected chi connectivity index (χ2v) is 35.2. The molecule has 0 radical (unpaired) electrons. The molecule has 0 bridgehead atoms. The van der Waals surface area contributed by atoms with Gasteiger partial charge >= 0.3 is 7.73 Å². The first-order valence-electron chi connectivity index (χ1n) is 31.6. The Hall–Kier alpha value is 0.0613. The van der Waals surface area contributed by atoms with E-state index in [0.29, 0.717) is 0 Å². The van der Waals surface area contributed by atoms with E-state index in [1.807, 2.05) is 20.7 Å². The summed E-state index contributed by atoms with van der Waals surface area (Å²) in [6.07, 6.45) is 50.5. The molecule has 0 unspecified atom stereocenters. The topological polar surface area (TPSA) is 18.5 Å². The summed E-state index contributed by atoms with van der Waals surface area (Å²) in [6, 6.07) is 18.7. The summed E-state index contributed by atoms with van der Waals surface area (Å²) >= 11 is 7.52. The molecule has 0 spiro atoms. The number of hydrogen-bond donors (Lipinski definition) is 0. The molecule has 10 heteroatoms. The molecular formula is C60H118ClO2PSi6. The second kappa shape index (κ2) is 48.7. The first-order valence-corrected chi connectivity index (χ1v) is 44.0. The fraction of sp³-hybridized carbons (Fsp3) is 0.800. The van der Waals surface area contributed by atoms with Crippen molar-refractivity contribution in [2.45, 2.75) is 309 Å². The van der Waals surface area contributed by atoms with Gasteiger partial charge in [-0.25, -0.2) is 0 Å². The van der Waals surface area contributed by atoms with Gasteiger partial charge in [-0.2, -0.15) is 0 Å². The van der Waals surface area contributed by atoms with Crippen LogP contribution in [0.25, 0.3) is 0 Å². The zero-order valence-electron chi connectivity index (χ0n) is 47.9. The first-order chi connectivity index (χ1) is 34.5. The lowest BCUT2D eigenvalue weighted by molar-refractivity contribution is 0.512. The quantitative estimate of drug-likeness (QED) is 0.0373. The van der Waals surface area contributed by atoms with E-state index in [1.165, 1.54) is 267 Å². The number of rotatable bonds is 52. The van der Waals surface area contributed by atoms with Gasteiger partial charge in [-0.3, -0.25) is 0 Å². The largest absolute Gasteiger partial charge is 0.427 e. The average molecular weight is 1110 g/mol. The van der Waals surface area contributed by atoms with Crippen LogP contribution in [0.1, 0.15) is 273 Å². The van der Waals surface area contributed by atoms with Crippen LogP contribution in [0.15, 0.2) is 24.3 Å². The Labute approximate surface area is 457 Å². The van der Waals surface area contributed by atoms with Crippen LogP contribution in [-0.2, 0) is 0 Å². The van der Waals surface area contributed by atoms with Crippen LogP contribution in [-0.4, -0.2) is 57.1 Å². The minimum absolute atomic E-state index is 0.290. The lowest BCUT2D eigenvalue weighted by atomic mass is 10.1. The van der Waals surface area contributed by atoms with Crippen molar-refractivity contribution in [3.8, 4) is 11.5 Å². The second-order valence-electron chi connectivity index (χ2n) is 22.0. The normalized spacial score (nSPS) is 13.1. The highest BCUT2D eigenvalue weighted by Gasteiger charge is 2.22. The van der Waals surface area contributed by atoms with Crippen LogP contribution in [0.5, 0.6) is 11.5 Å². The third-order valence-electron chi connectivity index (χ3n) is 15.5. The molecule has 0 aliphatic heterocycles. The van der Waals surface area contributed by atoms with Gasteiger partial charge in [0.1, 0.15) is 11.5 Å². The van der Waals surface area contributed by atoms with E-state index in [2.05, 4.69) is 65.8 Å². The van der Waals surface area contributed by atoms with E-state index in [-0.39, 0.29) is 38.1 Å². The average Bonchev–Trinajstić information content (AvgIpc) is 3.36. The summed E-state index contributed by atoms with van der Waals surface area (Å²) in [6.45, 7) is 14.1. The third-order valence-corrected chi connectivity index (χ3v) is 31.5. The molecule has 0 aromatic heterocycles. The molecule has 2 rings (SSSR count). The van der Waals surface area contributed by atoms with Crippen molar-refractivity contribution in [2.75, 3.05) is 0 Å². The SMILES string of the molecule is CCCCCCCC[SiH2]c1ccc(OP(Cl)Oc2ccc([SiH2]CCCCCCCC)c([SiH2]CCCCCCCC)c2[SiH2]CCCCCCCC)c([SiH2]CCCCCCCC)c1[SiH2]CCCCCCCC. The van der Waals surface area contributed by atoms with Crippen molar-refractivity contribution in [1.29, 1.82) is 0 Å². The van der Waals surface area contributed by atoms with Crippen LogP contribution in [0.3, 0.4) is 0 Å². The summed E-state index contributed by atoms with van der Waals surface area (Å²) in [5.74, 6) is 2.29. The fourth-order valence-corrected chi connectivity index (χ4v) is 28.3. The third kappa shape index (κ3) is 33.2. The molecule has 0 amide bonds. The van der Waals surface area contributed by atoms with Crippen LogP contribution in [0.2, 0.25) is 36.3 Å². The maximum atomic E-state index is 7.52. The molecule has 0 saturated heterocycles. The van der Waals surface area contributed by atoms with Crippen molar-refractivity contribution in [2.24, 2.45) is 0 Å². The maximum Gasteiger partial charge on any atom is 0.401 e. The lowest BCUT2D eigenvalue weighted by Gasteiger charge is -2.23. The number of halogens is 1. The summed E-state index contributed by atoms with van der Waals surface area (Å²) in [5.41, 5.74) is 0. The van der Waals surface area contributed by atoms with Crippen LogP contribution < -0.4 is 40.2 Å². The lowest BCUT2D eigenvalue weighted by Crippen LogP contribution is -2.48. The Bertz CT molecular complexity index is 1380. The van der Waals surface area contributed by atoms with Crippen LogP contribution in [0.4, 0.5) is 0 Å². The van der Waals surface area contributed by atoms with E-state index in [1.54, 1.807) is 10.4 Å². The highest BCUT2D eigenvalue weighted by atomic mass is 35.7. The Morgan fingerprint density at radius 1 is 0.286 bits per heavy atom. The van der Waals surface area contributed by atoms with Crippen molar-refractivity contribution in [3.63, 3.8) is 0 Å². The van der Waals surface area contributed by atoms with Gasteiger partial charge in [0.15, 0.2) is 0 Å². The van der Waals surface area contributed by atoms with Crippen LogP contribution in [0, 0.1) is 0 Å². The predicted octanol–water partition coefficient (Wildman–Crippen LogP) is 14.0. The van der Waals surface area contributed by atoms with Gasteiger partial charge in [0, 0.05) is 0 Å². The number of unbranched alkanes of at least 4 members (excludes halogenated alkanes) is 30. The molecule has 0 aliphatic rings. The van der Waals surface area contributed by atoms with Gasteiger partial charge in [-0.1, -0.05) is 342 Å². The minimum atomic E-state index is -1.59. The molecule has 70 heavy (non-hydrogen) atoms. The maximum absolute atomic E-state index is 7.52. The van der Waals surface area contributed by atoms with Gasteiger partial charge in [-0.15, -0.1) is 0 Å². The van der Waals surface area contributed by atoms with Gasteiger partial charge in [0.25, 0.3) is 0 Å². The predicted molar refractivity (Wildman–Crippen MR) is 345 cm³/mol.